The first-order valence-electron chi connectivity index (χ1n) is 19.2. The molecule has 0 bridgehead atoms. The van der Waals surface area contributed by atoms with E-state index in [0.29, 0.717) is 42.4 Å². The molecule has 13 nitrogen and oxygen atoms in total. The molecule has 15 heteroatoms. The summed E-state index contributed by atoms with van der Waals surface area (Å²) in [6, 6.07) is 12.6. The van der Waals surface area contributed by atoms with Crippen molar-refractivity contribution in [3.8, 4) is 22.6 Å². The maximum absolute atomic E-state index is 13.3. The molecule has 290 valence electrons. The van der Waals surface area contributed by atoms with Crippen LogP contribution in [0.3, 0.4) is 0 Å². The predicted molar refractivity (Wildman–Crippen MR) is 215 cm³/mol. The van der Waals surface area contributed by atoms with Gasteiger partial charge < -0.3 is 24.6 Å². The maximum Gasteiger partial charge on any atom is 0.255 e. The number of piperidine rings is 2. The third-order valence-corrected chi connectivity index (χ3v) is 12.7. The van der Waals surface area contributed by atoms with Crippen molar-refractivity contribution in [1.82, 2.24) is 39.7 Å². The van der Waals surface area contributed by atoms with Crippen LogP contribution in [0.25, 0.3) is 5.00 Å². The van der Waals surface area contributed by atoms with E-state index >= 15 is 0 Å². The molecule has 0 aliphatic carbocycles. The van der Waals surface area contributed by atoms with Gasteiger partial charge in [-0.25, -0.2) is 0 Å². The number of ether oxygens (including phenoxy) is 1. The maximum atomic E-state index is 13.3. The molecule has 0 spiro atoms. The standard InChI is InChI=1S/C42H40ClN9O4S/c1-25-36(57-42-38(25)39(29-7-9-30(43)10-8-29)44-21-37-48-47-26(2)52(37)42)11-6-27-20-46-50(22-27)17-16-49-14-12-31(13-15-49)56-35-5-3-4-32-33(35)23-51(41(32)55)34-18-28(24-53)19-45-40(34)54/h3-5,7-10,20,22,24,28,31,34H,12-19,21,23H2,1-2H3,(H,45,54). The Hall–Kier alpha value is -5.62. The van der Waals surface area contributed by atoms with Crippen molar-refractivity contribution in [2.75, 3.05) is 26.2 Å². The lowest BCUT2D eigenvalue weighted by Gasteiger charge is -2.33. The minimum absolute atomic E-state index is 0.0192. The lowest BCUT2D eigenvalue weighted by atomic mass is 9.95. The van der Waals surface area contributed by atoms with Crippen molar-refractivity contribution in [2.24, 2.45) is 10.9 Å². The Kier molecular flexibility index (Phi) is 9.98. The molecule has 4 aliphatic rings. The zero-order valence-electron chi connectivity index (χ0n) is 31.6. The number of hydrogen-bond donors (Lipinski definition) is 1. The number of carbonyl (C=O) groups is 3. The molecule has 0 radical (unpaired) electrons. The Balaban J connectivity index is 0.820. The largest absolute Gasteiger partial charge is 0.490 e. The Morgan fingerprint density at radius 3 is 2.68 bits per heavy atom. The molecule has 2 fully saturated rings. The van der Waals surface area contributed by atoms with Crippen LogP contribution >= 0.6 is 22.9 Å². The Labute approximate surface area is 338 Å². The van der Waals surface area contributed by atoms with Gasteiger partial charge in [0.2, 0.25) is 5.91 Å². The topological polar surface area (TPSA) is 140 Å². The van der Waals surface area contributed by atoms with Crippen LogP contribution in [-0.2, 0) is 29.2 Å². The normalized spacial score (nSPS) is 19.5. The van der Waals surface area contributed by atoms with E-state index in [9.17, 15) is 14.4 Å². The van der Waals surface area contributed by atoms with Gasteiger partial charge in [0.25, 0.3) is 5.91 Å². The summed E-state index contributed by atoms with van der Waals surface area (Å²) < 4.78 is 10.5. The summed E-state index contributed by atoms with van der Waals surface area (Å²) in [5.74, 6) is 8.37. The van der Waals surface area contributed by atoms with Gasteiger partial charge in [-0.2, -0.15) is 5.10 Å². The van der Waals surface area contributed by atoms with Crippen LogP contribution in [0.4, 0.5) is 0 Å². The number of nitrogens with one attached hydrogen (secondary N) is 1. The highest BCUT2D eigenvalue weighted by Gasteiger charge is 2.41. The van der Waals surface area contributed by atoms with E-state index < -0.39 is 6.04 Å². The first-order chi connectivity index (χ1) is 27.7. The second-order valence-corrected chi connectivity index (χ2v) is 16.4. The van der Waals surface area contributed by atoms with Gasteiger partial charge >= 0.3 is 0 Å². The summed E-state index contributed by atoms with van der Waals surface area (Å²) in [5.41, 5.74) is 6.20. The minimum atomic E-state index is -0.664. The predicted octanol–water partition coefficient (Wildman–Crippen LogP) is 4.75. The number of likely N-dealkylation sites (tertiary alicyclic amines) is 1. The van der Waals surface area contributed by atoms with Crippen LogP contribution in [-0.4, -0.2) is 96.5 Å². The van der Waals surface area contributed by atoms with E-state index in [2.05, 4.69) is 48.8 Å². The van der Waals surface area contributed by atoms with Crippen molar-refractivity contribution >= 4 is 46.7 Å². The van der Waals surface area contributed by atoms with E-state index in [4.69, 9.17) is 21.3 Å². The quantitative estimate of drug-likeness (QED) is 0.175. The Morgan fingerprint density at radius 2 is 1.88 bits per heavy atom. The van der Waals surface area contributed by atoms with Gasteiger partial charge in [0.15, 0.2) is 5.82 Å². The number of nitrogens with zero attached hydrogens (tertiary/aromatic N) is 8. The Bertz CT molecular complexity index is 2490. The fourth-order valence-electron chi connectivity index (χ4n) is 8.14. The van der Waals surface area contributed by atoms with Crippen molar-refractivity contribution < 1.29 is 19.1 Å². The summed E-state index contributed by atoms with van der Waals surface area (Å²) in [6.45, 7) is 8.43. The second kappa shape index (κ2) is 15.4. The third-order valence-electron chi connectivity index (χ3n) is 11.3. The van der Waals surface area contributed by atoms with Crippen LogP contribution in [0.2, 0.25) is 5.02 Å². The highest BCUT2D eigenvalue weighted by Crippen LogP contribution is 2.37. The number of rotatable bonds is 8. The molecular formula is C42H40ClN9O4S. The second-order valence-electron chi connectivity index (χ2n) is 14.9. The number of hydrogen-bond acceptors (Lipinski definition) is 10. The molecule has 57 heavy (non-hydrogen) atoms. The monoisotopic (exact) mass is 801 g/mol. The van der Waals surface area contributed by atoms with E-state index in [1.165, 1.54) is 0 Å². The van der Waals surface area contributed by atoms with Gasteiger partial charge in [-0.05, 0) is 62.9 Å². The van der Waals surface area contributed by atoms with Gasteiger partial charge in [0.05, 0.1) is 35.4 Å². The molecule has 2 atom stereocenters. The van der Waals surface area contributed by atoms with E-state index in [1.54, 1.807) is 22.3 Å². The molecular weight excluding hydrogens is 762 g/mol. The highest BCUT2D eigenvalue weighted by molar-refractivity contribution is 7.15. The van der Waals surface area contributed by atoms with Gasteiger partial charge in [0.1, 0.15) is 41.6 Å². The SMILES string of the molecule is Cc1c(C#Cc2cnn(CCN3CCC(Oc4cccc5c4CN(C4CC(C=O)CNC4=O)C5=O)CC3)c2)sc2c1C(c1ccc(Cl)cc1)=NCc1nnc(C)n1-2. The number of fused-ring (bicyclic) bond motifs is 4. The molecule has 1 N–H and O–H groups in total. The molecule has 4 aliphatic heterocycles. The van der Waals surface area contributed by atoms with Gasteiger partial charge in [-0.15, -0.1) is 21.5 Å². The lowest BCUT2D eigenvalue weighted by molar-refractivity contribution is -0.129. The molecule has 2 amide bonds. The summed E-state index contributed by atoms with van der Waals surface area (Å²) >= 11 is 7.84. The summed E-state index contributed by atoms with van der Waals surface area (Å²) in [6.07, 6.45) is 6.73. The number of aldehydes is 1. The molecule has 0 saturated carbocycles. The molecule has 2 saturated heterocycles. The molecule has 9 rings (SSSR count). The fraction of sp³-hybridized carbons (Fsp3) is 0.357. The zero-order chi connectivity index (χ0) is 39.2. The molecule has 2 aromatic carbocycles. The average Bonchev–Trinajstić information content (AvgIpc) is 3.98. The minimum Gasteiger partial charge on any atom is -0.490 e. The smallest absolute Gasteiger partial charge is 0.255 e. The lowest BCUT2D eigenvalue weighted by Crippen LogP contribution is -2.53. The molecule has 3 aromatic heterocycles. The summed E-state index contributed by atoms with van der Waals surface area (Å²) in [7, 11) is 0. The van der Waals surface area contributed by atoms with Crippen LogP contribution < -0.4 is 10.1 Å². The number of carbonyl (C=O) groups excluding carboxylic acids is 3. The van der Waals surface area contributed by atoms with Crippen molar-refractivity contribution in [3.63, 3.8) is 0 Å². The van der Waals surface area contributed by atoms with Crippen molar-refractivity contribution in [1.29, 1.82) is 0 Å². The average molecular weight is 802 g/mol. The van der Waals surface area contributed by atoms with Crippen LogP contribution in [0, 0.1) is 31.6 Å². The Morgan fingerprint density at radius 1 is 1.05 bits per heavy atom. The van der Waals surface area contributed by atoms with Crippen LogP contribution in [0.15, 0.2) is 59.9 Å². The van der Waals surface area contributed by atoms with Gasteiger partial charge in [0, 0.05) is 65.6 Å². The number of halogens is 1. The molecule has 7 heterocycles. The molecule has 2 unspecified atom stereocenters. The van der Waals surface area contributed by atoms with E-state index in [0.717, 1.165) is 100 Å². The van der Waals surface area contributed by atoms with E-state index in [1.807, 2.05) is 60.4 Å². The zero-order valence-corrected chi connectivity index (χ0v) is 33.1. The number of amides is 2. The van der Waals surface area contributed by atoms with Crippen molar-refractivity contribution in [2.45, 2.75) is 64.9 Å². The number of aliphatic imine (C=N–C) groups is 1. The van der Waals surface area contributed by atoms with Crippen LogP contribution in [0.5, 0.6) is 5.75 Å². The van der Waals surface area contributed by atoms with Crippen LogP contribution in [0.1, 0.15) is 74.0 Å². The summed E-state index contributed by atoms with van der Waals surface area (Å²) in [5, 5.41) is 17.8. The van der Waals surface area contributed by atoms with Crippen molar-refractivity contribution in [3.05, 3.63) is 110 Å². The first-order valence-corrected chi connectivity index (χ1v) is 20.4. The summed E-state index contributed by atoms with van der Waals surface area (Å²) in [4.78, 5) is 47.4. The fourth-order valence-corrected chi connectivity index (χ4v) is 9.50. The highest BCUT2D eigenvalue weighted by atomic mass is 35.5. The number of aromatic nitrogens is 5. The van der Waals surface area contributed by atoms with Gasteiger partial charge in [-0.3, -0.25) is 23.8 Å². The first kappa shape index (κ1) is 37.0. The number of thiophene rings is 1. The number of aryl methyl sites for hydroxylation is 1. The van der Waals surface area contributed by atoms with E-state index in [-0.39, 0.29) is 23.8 Å². The molecule has 5 aromatic rings. The third kappa shape index (κ3) is 7.15. The van der Waals surface area contributed by atoms with Gasteiger partial charge in [-0.1, -0.05) is 41.6 Å². The number of benzene rings is 2.